The Balaban J connectivity index is 2.00. The second kappa shape index (κ2) is 6.52. The van der Waals surface area contributed by atoms with Crippen molar-refractivity contribution >= 4 is 16.8 Å². The number of aromatic nitrogens is 1. The summed E-state index contributed by atoms with van der Waals surface area (Å²) in [5.74, 6) is -0.715. The van der Waals surface area contributed by atoms with Crippen molar-refractivity contribution in [1.82, 2.24) is 9.88 Å². The highest BCUT2D eigenvalue weighted by atomic mass is 19.1. The molecule has 3 rings (SSSR count). The van der Waals surface area contributed by atoms with E-state index >= 15 is 0 Å². The maximum atomic E-state index is 13.6. The lowest BCUT2D eigenvalue weighted by molar-refractivity contribution is 0.0741. The van der Waals surface area contributed by atoms with Gasteiger partial charge in [0.15, 0.2) is 0 Å². The van der Waals surface area contributed by atoms with Crippen LogP contribution in [-0.4, -0.2) is 28.9 Å². The first-order valence-electron chi connectivity index (χ1n) is 8.19. The molecular formula is C18H21FN2O2. The van der Waals surface area contributed by atoms with Crippen molar-refractivity contribution in [1.29, 1.82) is 0 Å². The van der Waals surface area contributed by atoms with Gasteiger partial charge in [-0.15, -0.1) is 0 Å². The van der Waals surface area contributed by atoms with Crippen LogP contribution in [0.2, 0.25) is 0 Å². The number of halogens is 1. The van der Waals surface area contributed by atoms with Crippen LogP contribution in [0.1, 0.15) is 48.0 Å². The first-order valence-corrected chi connectivity index (χ1v) is 8.19. The van der Waals surface area contributed by atoms with Gasteiger partial charge in [-0.3, -0.25) is 9.59 Å². The Morgan fingerprint density at radius 3 is 2.48 bits per heavy atom. The van der Waals surface area contributed by atoms with Gasteiger partial charge < -0.3 is 9.88 Å². The molecule has 1 N–H and O–H groups in total. The lowest BCUT2D eigenvalue weighted by Crippen LogP contribution is -2.36. The van der Waals surface area contributed by atoms with Gasteiger partial charge in [-0.05, 0) is 37.5 Å². The van der Waals surface area contributed by atoms with Crippen LogP contribution in [0.5, 0.6) is 0 Å². The molecule has 1 saturated heterocycles. The lowest BCUT2D eigenvalue weighted by Gasteiger charge is -2.24. The number of fused-ring (bicyclic) bond motifs is 1. The van der Waals surface area contributed by atoms with E-state index in [1.165, 1.54) is 24.8 Å². The maximum Gasteiger partial charge on any atom is 0.259 e. The topological polar surface area (TPSA) is 53.2 Å². The standard InChI is InChI=1S/C18H21FN2O2/c1-12-9-13(19)10-14-16(12)20-11-15(17(14)22)18(23)21-7-5-3-2-4-6-8-21/h9-11H,2-8H2,1H3,(H,20,22). The third-order valence-corrected chi connectivity index (χ3v) is 4.52. The molecule has 1 fully saturated rings. The highest BCUT2D eigenvalue weighted by Gasteiger charge is 2.21. The Morgan fingerprint density at radius 1 is 1.13 bits per heavy atom. The largest absolute Gasteiger partial charge is 0.360 e. The van der Waals surface area contributed by atoms with E-state index in [4.69, 9.17) is 0 Å². The molecule has 0 aliphatic carbocycles. The molecule has 1 amide bonds. The summed E-state index contributed by atoms with van der Waals surface area (Å²) in [6.07, 6.45) is 6.83. The van der Waals surface area contributed by atoms with Crippen LogP contribution in [0.4, 0.5) is 4.39 Å². The van der Waals surface area contributed by atoms with Crippen molar-refractivity contribution in [3.8, 4) is 0 Å². The van der Waals surface area contributed by atoms with Crippen molar-refractivity contribution in [2.75, 3.05) is 13.1 Å². The summed E-state index contributed by atoms with van der Waals surface area (Å²) in [6, 6.07) is 2.57. The van der Waals surface area contributed by atoms with Gasteiger partial charge in [0.2, 0.25) is 5.43 Å². The van der Waals surface area contributed by atoms with Crippen LogP contribution in [0.25, 0.3) is 10.9 Å². The molecule has 1 aromatic heterocycles. The summed E-state index contributed by atoms with van der Waals surface area (Å²) in [4.78, 5) is 30.1. The SMILES string of the molecule is Cc1cc(F)cc2c(=O)c(C(=O)N3CCCCCCC3)c[nH]c12. The predicted molar refractivity (Wildman–Crippen MR) is 88.3 cm³/mol. The van der Waals surface area contributed by atoms with Gasteiger partial charge in [0.05, 0.1) is 5.52 Å². The summed E-state index contributed by atoms with van der Waals surface area (Å²) in [6.45, 7) is 3.10. The smallest absolute Gasteiger partial charge is 0.259 e. The van der Waals surface area contributed by atoms with Gasteiger partial charge in [-0.25, -0.2) is 4.39 Å². The number of hydrogen-bond acceptors (Lipinski definition) is 2. The van der Waals surface area contributed by atoms with Crippen LogP contribution in [-0.2, 0) is 0 Å². The number of hydrogen-bond donors (Lipinski definition) is 1. The monoisotopic (exact) mass is 316 g/mol. The fourth-order valence-electron chi connectivity index (χ4n) is 3.25. The van der Waals surface area contributed by atoms with Gasteiger partial charge in [0.1, 0.15) is 11.4 Å². The van der Waals surface area contributed by atoms with E-state index < -0.39 is 11.2 Å². The van der Waals surface area contributed by atoms with Crippen LogP contribution in [0, 0.1) is 12.7 Å². The molecule has 122 valence electrons. The average molecular weight is 316 g/mol. The quantitative estimate of drug-likeness (QED) is 0.877. The first-order chi connectivity index (χ1) is 11.1. The normalized spacial score (nSPS) is 16.2. The highest BCUT2D eigenvalue weighted by molar-refractivity contribution is 5.97. The van der Waals surface area contributed by atoms with Crippen LogP contribution in [0.15, 0.2) is 23.1 Å². The Hall–Kier alpha value is -2.17. The van der Waals surface area contributed by atoms with E-state index in [-0.39, 0.29) is 16.9 Å². The third kappa shape index (κ3) is 3.14. The number of nitrogens with zero attached hydrogens (tertiary/aromatic N) is 1. The lowest BCUT2D eigenvalue weighted by atomic mass is 10.1. The molecule has 0 bridgehead atoms. The molecule has 2 aromatic rings. The van der Waals surface area contributed by atoms with E-state index in [0.717, 1.165) is 25.7 Å². The number of amides is 1. The Kier molecular flexibility index (Phi) is 4.46. The minimum absolute atomic E-state index is 0.100. The molecule has 0 saturated carbocycles. The summed E-state index contributed by atoms with van der Waals surface area (Å²) in [7, 11) is 0. The number of carbonyl (C=O) groups excluding carboxylic acids is 1. The van der Waals surface area contributed by atoms with Crippen LogP contribution < -0.4 is 5.43 Å². The zero-order valence-corrected chi connectivity index (χ0v) is 13.3. The minimum atomic E-state index is -0.462. The van der Waals surface area contributed by atoms with Crippen molar-refractivity contribution in [2.45, 2.75) is 39.0 Å². The van der Waals surface area contributed by atoms with Gasteiger partial charge in [0.25, 0.3) is 5.91 Å². The van der Waals surface area contributed by atoms with Crippen molar-refractivity contribution in [2.24, 2.45) is 0 Å². The number of nitrogens with one attached hydrogen (secondary N) is 1. The number of likely N-dealkylation sites (tertiary alicyclic amines) is 1. The van der Waals surface area contributed by atoms with Crippen LogP contribution >= 0.6 is 0 Å². The Labute approximate surface area is 134 Å². The summed E-state index contributed by atoms with van der Waals surface area (Å²) >= 11 is 0. The molecule has 0 spiro atoms. The second-order valence-electron chi connectivity index (χ2n) is 6.24. The molecule has 0 radical (unpaired) electrons. The van der Waals surface area contributed by atoms with Gasteiger partial charge in [0, 0.05) is 24.7 Å². The van der Waals surface area contributed by atoms with E-state index in [2.05, 4.69) is 4.98 Å². The number of aromatic amines is 1. The van der Waals surface area contributed by atoms with E-state index in [1.54, 1.807) is 11.8 Å². The average Bonchev–Trinajstić information content (AvgIpc) is 2.47. The van der Waals surface area contributed by atoms with Crippen LogP contribution in [0.3, 0.4) is 0 Å². The molecule has 5 heteroatoms. The molecule has 1 aromatic carbocycles. The van der Waals surface area contributed by atoms with Gasteiger partial charge in [-0.1, -0.05) is 19.3 Å². The molecule has 4 nitrogen and oxygen atoms in total. The zero-order chi connectivity index (χ0) is 16.4. The highest BCUT2D eigenvalue weighted by Crippen LogP contribution is 2.17. The molecular weight excluding hydrogens is 295 g/mol. The number of carbonyl (C=O) groups is 1. The molecule has 2 heterocycles. The molecule has 1 aliphatic heterocycles. The minimum Gasteiger partial charge on any atom is -0.360 e. The van der Waals surface area contributed by atoms with Gasteiger partial charge >= 0.3 is 0 Å². The van der Waals surface area contributed by atoms with Crippen molar-refractivity contribution < 1.29 is 9.18 Å². The number of H-pyrrole nitrogens is 1. The first kappa shape index (κ1) is 15.7. The fourth-order valence-corrected chi connectivity index (χ4v) is 3.25. The predicted octanol–water partition coefficient (Wildman–Crippen LogP) is 3.38. The number of aryl methyl sites for hydroxylation is 1. The summed E-state index contributed by atoms with van der Waals surface area (Å²) < 4.78 is 13.6. The molecule has 0 unspecified atom stereocenters. The van der Waals surface area contributed by atoms with E-state index in [9.17, 15) is 14.0 Å². The maximum absolute atomic E-state index is 13.6. The Bertz CT molecular complexity index is 789. The third-order valence-electron chi connectivity index (χ3n) is 4.52. The summed E-state index contributed by atoms with van der Waals surface area (Å²) in [5, 5.41) is 0.236. The zero-order valence-electron chi connectivity index (χ0n) is 13.3. The number of benzene rings is 1. The molecule has 0 atom stereocenters. The second-order valence-corrected chi connectivity index (χ2v) is 6.24. The fraction of sp³-hybridized carbons (Fsp3) is 0.444. The number of rotatable bonds is 1. The summed E-state index contributed by atoms with van der Waals surface area (Å²) in [5.41, 5.74) is 0.944. The Morgan fingerprint density at radius 2 is 1.78 bits per heavy atom. The van der Waals surface area contributed by atoms with E-state index in [1.807, 2.05) is 0 Å². The molecule has 23 heavy (non-hydrogen) atoms. The van der Waals surface area contributed by atoms with Crippen molar-refractivity contribution in [3.63, 3.8) is 0 Å². The van der Waals surface area contributed by atoms with Gasteiger partial charge in [-0.2, -0.15) is 0 Å². The molecule has 1 aliphatic rings. The van der Waals surface area contributed by atoms with E-state index in [0.29, 0.717) is 24.2 Å². The number of pyridine rings is 1. The van der Waals surface area contributed by atoms with Crippen molar-refractivity contribution in [3.05, 3.63) is 45.5 Å².